The van der Waals surface area contributed by atoms with Crippen LogP contribution in [0.1, 0.15) is 17.5 Å². The molecule has 20 heavy (non-hydrogen) atoms. The van der Waals surface area contributed by atoms with Crippen molar-refractivity contribution in [2.45, 2.75) is 31.5 Å². The van der Waals surface area contributed by atoms with Gasteiger partial charge in [0.2, 0.25) is 0 Å². The minimum absolute atomic E-state index is 0.0512. The quantitative estimate of drug-likeness (QED) is 0.792. The number of nitrogens with two attached hydrogens (primary N) is 1. The van der Waals surface area contributed by atoms with Crippen molar-refractivity contribution in [3.8, 4) is 11.5 Å². The highest BCUT2D eigenvalue weighted by Gasteiger charge is 2.29. The molecular formula is C16H22N2O2. The van der Waals surface area contributed by atoms with Crippen molar-refractivity contribution in [1.82, 2.24) is 4.90 Å². The maximum absolute atomic E-state index is 6.15. The number of benzene rings is 1. The van der Waals surface area contributed by atoms with E-state index in [1.165, 1.54) is 11.1 Å². The summed E-state index contributed by atoms with van der Waals surface area (Å²) in [6, 6.07) is 4.21. The first kappa shape index (κ1) is 13.5. The van der Waals surface area contributed by atoms with Crippen LogP contribution in [0.3, 0.4) is 0 Å². The van der Waals surface area contributed by atoms with Gasteiger partial charge in [-0.2, -0.15) is 0 Å². The lowest BCUT2D eigenvalue weighted by atomic mass is 9.99. The highest BCUT2D eigenvalue weighted by Crippen LogP contribution is 2.41. The zero-order chi connectivity index (χ0) is 14.1. The van der Waals surface area contributed by atoms with E-state index in [0.29, 0.717) is 0 Å². The zero-order valence-corrected chi connectivity index (χ0v) is 12.1. The highest BCUT2D eigenvalue weighted by atomic mass is 16.5. The van der Waals surface area contributed by atoms with Crippen molar-refractivity contribution in [2.75, 3.05) is 20.7 Å². The fourth-order valence-corrected chi connectivity index (χ4v) is 3.03. The van der Waals surface area contributed by atoms with Gasteiger partial charge in [-0.15, -0.1) is 0 Å². The number of ether oxygens (including phenoxy) is 2. The molecule has 2 heterocycles. The van der Waals surface area contributed by atoms with E-state index in [9.17, 15) is 0 Å². The summed E-state index contributed by atoms with van der Waals surface area (Å²) in [4.78, 5) is 2.28. The van der Waals surface area contributed by atoms with Crippen LogP contribution in [0.2, 0.25) is 0 Å². The lowest BCUT2D eigenvalue weighted by Gasteiger charge is -2.18. The number of fused-ring (bicyclic) bond motifs is 1. The molecule has 2 aliphatic rings. The molecule has 0 aliphatic carbocycles. The second-order valence-electron chi connectivity index (χ2n) is 5.70. The molecule has 1 unspecified atom stereocenters. The smallest absolute Gasteiger partial charge is 0.165 e. The largest absolute Gasteiger partial charge is 0.493 e. The van der Waals surface area contributed by atoms with Crippen molar-refractivity contribution < 1.29 is 9.47 Å². The Morgan fingerprint density at radius 1 is 1.40 bits per heavy atom. The SMILES string of the molecule is COc1ccc2c3c1OC(C3)C[C@@H](N)/C=C/CN(C)C2. The van der Waals surface area contributed by atoms with Crippen LogP contribution in [0.25, 0.3) is 0 Å². The van der Waals surface area contributed by atoms with Crippen LogP contribution in [-0.4, -0.2) is 37.7 Å². The van der Waals surface area contributed by atoms with Crippen molar-refractivity contribution in [2.24, 2.45) is 5.73 Å². The van der Waals surface area contributed by atoms with Gasteiger partial charge in [-0.25, -0.2) is 0 Å². The fraction of sp³-hybridized carbons (Fsp3) is 0.500. The molecule has 1 aromatic carbocycles. The molecule has 0 spiro atoms. The van der Waals surface area contributed by atoms with E-state index in [2.05, 4.69) is 30.2 Å². The predicted octanol–water partition coefficient (Wildman–Crippen LogP) is 1.72. The van der Waals surface area contributed by atoms with Gasteiger partial charge in [-0.3, -0.25) is 4.90 Å². The van der Waals surface area contributed by atoms with Crippen LogP contribution in [0, 0.1) is 0 Å². The highest BCUT2D eigenvalue weighted by molar-refractivity contribution is 5.53. The molecule has 2 aliphatic heterocycles. The Kier molecular flexibility index (Phi) is 3.68. The monoisotopic (exact) mass is 274 g/mol. The molecule has 1 aromatic rings. The van der Waals surface area contributed by atoms with Gasteiger partial charge in [-0.1, -0.05) is 18.2 Å². The summed E-state index contributed by atoms with van der Waals surface area (Å²) in [5, 5.41) is 0. The molecule has 4 heteroatoms. The maximum atomic E-state index is 6.15. The fourth-order valence-electron chi connectivity index (χ4n) is 3.03. The zero-order valence-electron chi connectivity index (χ0n) is 12.1. The van der Waals surface area contributed by atoms with Gasteiger partial charge in [-0.05, 0) is 18.7 Å². The Bertz CT molecular complexity index is 527. The second kappa shape index (κ2) is 5.46. The third-order valence-electron chi connectivity index (χ3n) is 4.03. The molecule has 2 atom stereocenters. The lowest BCUT2D eigenvalue weighted by Crippen LogP contribution is -2.27. The summed E-state index contributed by atoms with van der Waals surface area (Å²) in [7, 11) is 3.81. The molecule has 0 amide bonds. The molecule has 0 aromatic heterocycles. The molecule has 4 nitrogen and oxygen atoms in total. The average molecular weight is 274 g/mol. The van der Waals surface area contributed by atoms with Gasteiger partial charge in [0, 0.05) is 37.5 Å². The third kappa shape index (κ3) is 2.53. The van der Waals surface area contributed by atoms with Gasteiger partial charge in [0.05, 0.1) is 7.11 Å². The summed E-state index contributed by atoms with van der Waals surface area (Å²) in [5.41, 5.74) is 8.76. The van der Waals surface area contributed by atoms with E-state index in [0.717, 1.165) is 37.4 Å². The molecule has 108 valence electrons. The summed E-state index contributed by atoms with van der Waals surface area (Å²) in [6.45, 7) is 1.84. The lowest BCUT2D eigenvalue weighted by molar-refractivity contribution is 0.209. The summed E-state index contributed by atoms with van der Waals surface area (Å²) < 4.78 is 11.5. The van der Waals surface area contributed by atoms with Gasteiger partial charge < -0.3 is 15.2 Å². The first-order valence-corrected chi connectivity index (χ1v) is 7.13. The van der Waals surface area contributed by atoms with Crippen LogP contribution in [0.4, 0.5) is 0 Å². The van der Waals surface area contributed by atoms with E-state index in [4.69, 9.17) is 15.2 Å². The minimum Gasteiger partial charge on any atom is -0.493 e. The van der Waals surface area contributed by atoms with Crippen LogP contribution in [0.15, 0.2) is 24.3 Å². The maximum Gasteiger partial charge on any atom is 0.165 e. The first-order valence-electron chi connectivity index (χ1n) is 7.13. The average Bonchev–Trinajstić information content (AvgIpc) is 2.81. The van der Waals surface area contributed by atoms with E-state index < -0.39 is 0 Å². The molecule has 2 bridgehead atoms. The molecule has 2 N–H and O–H groups in total. The molecule has 3 rings (SSSR count). The van der Waals surface area contributed by atoms with Crippen LogP contribution >= 0.6 is 0 Å². The van der Waals surface area contributed by atoms with Gasteiger partial charge in [0.25, 0.3) is 0 Å². The minimum atomic E-state index is 0.0512. The summed E-state index contributed by atoms with van der Waals surface area (Å²) in [6.07, 6.45) is 6.17. The Morgan fingerprint density at radius 2 is 2.25 bits per heavy atom. The molecule has 0 radical (unpaired) electrons. The Morgan fingerprint density at radius 3 is 3.05 bits per heavy atom. The van der Waals surface area contributed by atoms with Crippen molar-refractivity contribution in [1.29, 1.82) is 0 Å². The third-order valence-corrected chi connectivity index (χ3v) is 4.03. The van der Waals surface area contributed by atoms with Crippen molar-refractivity contribution in [3.05, 3.63) is 35.4 Å². The number of likely N-dealkylation sites (N-methyl/N-ethyl adjacent to an activating group) is 1. The van der Waals surface area contributed by atoms with E-state index in [-0.39, 0.29) is 12.1 Å². The standard InChI is InChI=1S/C16H22N2O2/c1-18-7-3-4-12(17)8-13-9-14-11(10-18)5-6-15(19-2)16(14)20-13/h3-6,12-13H,7-10,17H2,1-2H3/b4-3+/t12-,13?/m0/s1. The van der Waals surface area contributed by atoms with Crippen molar-refractivity contribution >= 4 is 0 Å². The van der Waals surface area contributed by atoms with Gasteiger partial charge >= 0.3 is 0 Å². The summed E-state index contributed by atoms with van der Waals surface area (Å²) in [5.74, 6) is 1.75. The van der Waals surface area contributed by atoms with Crippen LogP contribution in [0.5, 0.6) is 11.5 Å². The normalized spacial score (nSPS) is 27.6. The number of methoxy groups -OCH3 is 1. The number of rotatable bonds is 1. The van der Waals surface area contributed by atoms with Gasteiger partial charge in [0.1, 0.15) is 6.10 Å². The van der Waals surface area contributed by atoms with E-state index >= 15 is 0 Å². The van der Waals surface area contributed by atoms with Gasteiger partial charge in [0.15, 0.2) is 11.5 Å². The second-order valence-corrected chi connectivity index (χ2v) is 5.70. The Hall–Kier alpha value is -1.52. The molecule has 0 fully saturated rings. The predicted molar refractivity (Wildman–Crippen MR) is 79.2 cm³/mol. The molecule has 0 saturated carbocycles. The molecular weight excluding hydrogens is 252 g/mol. The summed E-state index contributed by atoms with van der Waals surface area (Å²) >= 11 is 0. The van der Waals surface area contributed by atoms with E-state index in [1.54, 1.807) is 7.11 Å². The Labute approximate surface area is 120 Å². The van der Waals surface area contributed by atoms with E-state index in [1.807, 2.05) is 6.07 Å². The Balaban J connectivity index is 1.99. The number of nitrogens with zero attached hydrogens (tertiary/aromatic N) is 1. The first-order chi connectivity index (χ1) is 9.67. The van der Waals surface area contributed by atoms with Crippen molar-refractivity contribution in [3.63, 3.8) is 0 Å². The number of hydrogen-bond acceptors (Lipinski definition) is 4. The van der Waals surface area contributed by atoms with Crippen LogP contribution < -0.4 is 15.2 Å². The van der Waals surface area contributed by atoms with Crippen LogP contribution in [-0.2, 0) is 13.0 Å². The topological polar surface area (TPSA) is 47.7 Å². The number of hydrogen-bond donors (Lipinski definition) is 1. The molecule has 0 saturated heterocycles.